The van der Waals surface area contributed by atoms with Gasteiger partial charge in [0.1, 0.15) is 5.76 Å². The number of aromatic nitrogens is 1. The van der Waals surface area contributed by atoms with Crippen LogP contribution in [-0.4, -0.2) is 31.7 Å². The molecule has 0 radical (unpaired) electrons. The van der Waals surface area contributed by atoms with Crippen LogP contribution in [0.15, 0.2) is 64.0 Å². The van der Waals surface area contributed by atoms with Crippen molar-refractivity contribution < 1.29 is 9.32 Å². The molecule has 0 bridgehead atoms. The Morgan fingerprint density at radius 3 is 2.59 bits per heavy atom. The molecule has 3 rings (SSSR count). The fourth-order valence-electron chi connectivity index (χ4n) is 2.96. The zero-order valence-corrected chi connectivity index (χ0v) is 18.0. The van der Waals surface area contributed by atoms with Gasteiger partial charge < -0.3 is 14.7 Å². The number of hydrogen-bond donors (Lipinski definition) is 1. The molecule has 0 spiro atoms. The molecule has 1 amide bonds. The Bertz CT molecular complexity index is 935. The van der Waals surface area contributed by atoms with E-state index in [1.54, 1.807) is 11.8 Å². The summed E-state index contributed by atoms with van der Waals surface area (Å²) >= 11 is 1.58. The highest BCUT2D eigenvalue weighted by Crippen LogP contribution is 2.26. The van der Waals surface area contributed by atoms with Crippen LogP contribution in [0.1, 0.15) is 33.8 Å². The van der Waals surface area contributed by atoms with Gasteiger partial charge in [-0.3, -0.25) is 4.79 Å². The van der Waals surface area contributed by atoms with Gasteiger partial charge in [-0.1, -0.05) is 29.4 Å². The lowest BCUT2D eigenvalue weighted by Gasteiger charge is -2.13. The average Bonchev–Trinajstić information content (AvgIpc) is 3.15. The monoisotopic (exact) mass is 409 g/mol. The highest BCUT2D eigenvalue weighted by molar-refractivity contribution is 7.98. The largest absolute Gasteiger partial charge is 0.378 e. The molecule has 0 aliphatic carbocycles. The number of carbonyl (C=O) groups excluding carboxylic acids is 1. The number of nitrogens with zero attached hydrogens (tertiary/aromatic N) is 2. The van der Waals surface area contributed by atoms with Gasteiger partial charge in [-0.15, -0.1) is 11.8 Å². The Morgan fingerprint density at radius 2 is 1.90 bits per heavy atom. The first-order chi connectivity index (χ1) is 14.0. The van der Waals surface area contributed by atoms with Crippen molar-refractivity contribution in [3.63, 3.8) is 0 Å². The maximum absolute atomic E-state index is 12.6. The molecule has 1 N–H and O–H groups in total. The Labute approximate surface area is 176 Å². The Hall–Kier alpha value is -2.73. The Morgan fingerprint density at radius 1 is 1.14 bits per heavy atom. The van der Waals surface area contributed by atoms with Crippen molar-refractivity contribution in [1.82, 2.24) is 10.5 Å². The van der Waals surface area contributed by atoms with Gasteiger partial charge in [-0.2, -0.15) is 0 Å². The van der Waals surface area contributed by atoms with Crippen molar-refractivity contribution in [3.8, 4) is 0 Å². The fourth-order valence-corrected chi connectivity index (χ4v) is 3.89. The molecule has 0 atom stereocenters. The smallest absolute Gasteiger partial charge is 0.252 e. The second-order valence-electron chi connectivity index (χ2n) is 7.14. The fraction of sp³-hybridized carbons (Fsp3) is 0.304. The van der Waals surface area contributed by atoms with Crippen LogP contribution < -0.4 is 10.2 Å². The summed E-state index contributed by atoms with van der Waals surface area (Å²) in [7, 11) is 4.07. The summed E-state index contributed by atoms with van der Waals surface area (Å²) in [6.07, 6.45) is 1.84. The van der Waals surface area contributed by atoms with Crippen molar-refractivity contribution >= 4 is 23.4 Å². The third kappa shape index (κ3) is 6.12. The summed E-state index contributed by atoms with van der Waals surface area (Å²) in [6.45, 7) is 2.55. The van der Waals surface area contributed by atoms with Crippen molar-refractivity contribution in [3.05, 3.63) is 77.2 Å². The van der Waals surface area contributed by atoms with Gasteiger partial charge in [0.15, 0.2) is 0 Å². The minimum absolute atomic E-state index is 0.0372. The van der Waals surface area contributed by atoms with Gasteiger partial charge in [0.25, 0.3) is 5.91 Å². The second-order valence-corrected chi connectivity index (χ2v) is 8.16. The molecule has 152 valence electrons. The average molecular weight is 410 g/mol. The van der Waals surface area contributed by atoms with E-state index in [9.17, 15) is 4.79 Å². The van der Waals surface area contributed by atoms with E-state index in [-0.39, 0.29) is 5.91 Å². The van der Waals surface area contributed by atoms with Crippen LogP contribution in [0.3, 0.4) is 0 Å². The summed E-state index contributed by atoms with van der Waals surface area (Å²) in [5, 5.41) is 6.95. The first-order valence-corrected chi connectivity index (χ1v) is 10.7. The van der Waals surface area contributed by atoms with Gasteiger partial charge in [-0.25, -0.2) is 0 Å². The number of hydrogen-bond acceptors (Lipinski definition) is 5. The minimum Gasteiger partial charge on any atom is -0.378 e. The molecule has 0 unspecified atom stereocenters. The molecule has 1 heterocycles. The highest BCUT2D eigenvalue weighted by atomic mass is 32.2. The number of aryl methyl sites for hydroxylation is 2. The van der Waals surface area contributed by atoms with Crippen LogP contribution in [0.2, 0.25) is 0 Å². The number of thioether (sulfide) groups is 1. The second kappa shape index (κ2) is 10.2. The predicted molar refractivity (Wildman–Crippen MR) is 119 cm³/mol. The minimum atomic E-state index is -0.0372. The summed E-state index contributed by atoms with van der Waals surface area (Å²) < 4.78 is 5.25. The van der Waals surface area contributed by atoms with Gasteiger partial charge in [0.2, 0.25) is 0 Å². The number of anilines is 1. The first kappa shape index (κ1) is 21.0. The van der Waals surface area contributed by atoms with Gasteiger partial charge in [0, 0.05) is 37.3 Å². The molecular formula is C23H27N3O2S. The van der Waals surface area contributed by atoms with Crippen LogP contribution in [0.5, 0.6) is 0 Å². The maximum Gasteiger partial charge on any atom is 0.252 e. The number of amides is 1. The maximum atomic E-state index is 12.6. The van der Waals surface area contributed by atoms with Crippen LogP contribution in [-0.2, 0) is 12.2 Å². The molecule has 5 nitrogen and oxygen atoms in total. The van der Waals surface area contributed by atoms with Crippen molar-refractivity contribution in [2.45, 2.75) is 30.4 Å². The molecule has 0 aliphatic rings. The number of nitrogens with one attached hydrogen (secondary N) is 1. The topological polar surface area (TPSA) is 58.4 Å². The molecule has 0 saturated carbocycles. The van der Waals surface area contributed by atoms with E-state index >= 15 is 0 Å². The van der Waals surface area contributed by atoms with Crippen molar-refractivity contribution in [1.29, 1.82) is 0 Å². The lowest BCUT2D eigenvalue weighted by molar-refractivity contribution is 0.0950. The van der Waals surface area contributed by atoms with E-state index in [4.69, 9.17) is 4.52 Å². The molecule has 0 fully saturated rings. The molecule has 0 saturated heterocycles. The number of benzene rings is 2. The van der Waals surface area contributed by atoms with Crippen LogP contribution in [0.4, 0.5) is 5.69 Å². The Balaban J connectivity index is 1.49. The number of carbonyl (C=O) groups is 1. The highest BCUT2D eigenvalue weighted by Gasteiger charge is 2.12. The molecule has 6 heteroatoms. The van der Waals surface area contributed by atoms with Crippen LogP contribution >= 0.6 is 11.8 Å². The van der Waals surface area contributed by atoms with Crippen molar-refractivity contribution in [2.24, 2.45) is 0 Å². The molecule has 29 heavy (non-hydrogen) atoms. The molecule has 0 aliphatic heterocycles. The first-order valence-electron chi connectivity index (χ1n) is 9.71. The van der Waals surface area contributed by atoms with Crippen molar-refractivity contribution in [2.75, 3.05) is 25.5 Å². The van der Waals surface area contributed by atoms with Crippen LogP contribution in [0, 0.1) is 6.92 Å². The van der Waals surface area contributed by atoms with E-state index < -0.39 is 0 Å². The zero-order valence-electron chi connectivity index (χ0n) is 17.1. The van der Waals surface area contributed by atoms with E-state index in [0.29, 0.717) is 17.9 Å². The Kier molecular flexibility index (Phi) is 7.36. The predicted octanol–water partition coefficient (Wildman–Crippen LogP) is 4.70. The lowest BCUT2D eigenvalue weighted by Crippen LogP contribution is -2.25. The SMILES string of the molecule is Cc1cc(CSc2ccccc2C(=O)NCCCc2ccc(N(C)C)cc2)on1. The third-order valence-corrected chi connectivity index (χ3v) is 5.65. The quantitative estimate of drug-likeness (QED) is 0.410. The molecule has 3 aromatic rings. The molecule has 1 aromatic heterocycles. The number of rotatable bonds is 9. The standard InChI is InChI=1S/C23H27N3O2S/c1-17-15-20(28-25-17)16-29-22-9-5-4-8-21(22)23(27)24-14-6-7-18-10-12-19(13-11-18)26(2)3/h4-5,8-13,15H,6-7,14,16H2,1-3H3,(H,24,27). The van der Waals surface area contributed by atoms with E-state index in [1.165, 1.54) is 11.3 Å². The summed E-state index contributed by atoms with van der Waals surface area (Å²) in [5.41, 5.74) is 4.03. The molecule has 2 aromatic carbocycles. The normalized spacial score (nSPS) is 10.7. The third-order valence-electron chi connectivity index (χ3n) is 4.56. The van der Waals surface area contributed by atoms with Gasteiger partial charge in [-0.05, 0) is 49.6 Å². The van der Waals surface area contributed by atoms with Gasteiger partial charge >= 0.3 is 0 Å². The molecular weight excluding hydrogens is 382 g/mol. The van der Waals surface area contributed by atoms with E-state index in [2.05, 4.69) is 39.6 Å². The summed E-state index contributed by atoms with van der Waals surface area (Å²) in [6, 6.07) is 18.1. The zero-order chi connectivity index (χ0) is 20.6. The van der Waals surface area contributed by atoms with Crippen LogP contribution in [0.25, 0.3) is 0 Å². The van der Waals surface area contributed by atoms with E-state index in [0.717, 1.165) is 29.2 Å². The van der Waals surface area contributed by atoms with Gasteiger partial charge in [0.05, 0.1) is 17.0 Å². The van der Waals surface area contributed by atoms with E-state index in [1.807, 2.05) is 51.4 Å². The lowest BCUT2D eigenvalue weighted by atomic mass is 10.1. The summed E-state index contributed by atoms with van der Waals surface area (Å²) in [4.78, 5) is 15.7. The summed E-state index contributed by atoms with van der Waals surface area (Å²) in [5.74, 6) is 1.42.